The number of carbonyl (C=O) groups is 1. The van der Waals surface area contributed by atoms with Gasteiger partial charge in [-0.2, -0.15) is 0 Å². The summed E-state index contributed by atoms with van der Waals surface area (Å²) in [6, 6.07) is 19.5. The minimum Gasteiger partial charge on any atom is -0.384 e. The van der Waals surface area contributed by atoms with Gasteiger partial charge in [-0.05, 0) is 24.6 Å². The number of nitrogen functional groups attached to an aromatic ring is 1. The maximum atomic E-state index is 13.1. The van der Waals surface area contributed by atoms with Crippen LogP contribution in [0.5, 0.6) is 0 Å². The van der Waals surface area contributed by atoms with E-state index in [0.29, 0.717) is 13.0 Å². The third kappa shape index (κ3) is 4.41. The molecule has 1 aromatic heterocycles. The van der Waals surface area contributed by atoms with Crippen molar-refractivity contribution in [3.63, 3.8) is 0 Å². The smallest absolute Gasteiger partial charge is 0.329 e. The van der Waals surface area contributed by atoms with Crippen LogP contribution in [0.25, 0.3) is 0 Å². The lowest BCUT2D eigenvalue weighted by Crippen LogP contribution is -2.39. The number of carbonyl (C=O) groups excluding carboxylic acids is 1. The summed E-state index contributed by atoms with van der Waals surface area (Å²) in [5, 5.41) is 0. The number of hydrogen-bond donors (Lipinski definition) is 2. The third-order valence-electron chi connectivity index (χ3n) is 5.03. The van der Waals surface area contributed by atoms with Gasteiger partial charge in [0, 0.05) is 6.54 Å². The number of benzene rings is 2. The average molecular weight is 406 g/mol. The maximum absolute atomic E-state index is 13.1. The van der Waals surface area contributed by atoms with Gasteiger partial charge >= 0.3 is 5.69 Å². The Balaban J connectivity index is 1.96. The number of likely N-dealkylation sites (N-methyl/N-ethyl adjacent to an activating group) is 1. The zero-order valence-corrected chi connectivity index (χ0v) is 17.2. The largest absolute Gasteiger partial charge is 0.384 e. The molecule has 0 fully saturated rings. The van der Waals surface area contributed by atoms with Crippen LogP contribution in [0.3, 0.4) is 0 Å². The van der Waals surface area contributed by atoms with E-state index in [2.05, 4.69) is 4.98 Å². The van der Waals surface area contributed by atoms with Crippen molar-refractivity contribution in [2.75, 3.05) is 19.3 Å². The molecule has 0 atom stereocenters. The molecule has 3 N–H and O–H groups in total. The highest BCUT2D eigenvalue weighted by Gasteiger charge is 2.25. The monoisotopic (exact) mass is 406 g/mol. The van der Waals surface area contributed by atoms with E-state index in [1.807, 2.05) is 79.5 Å². The number of hydrogen-bond acceptors (Lipinski definition) is 5. The van der Waals surface area contributed by atoms with Gasteiger partial charge in [0.05, 0.1) is 12.6 Å². The Morgan fingerprint density at radius 2 is 1.57 bits per heavy atom. The lowest BCUT2D eigenvalue weighted by molar-refractivity contribution is 0.0929. The second-order valence-corrected chi connectivity index (χ2v) is 7.23. The van der Waals surface area contributed by atoms with E-state index in [1.54, 1.807) is 0 Å². The minimum atomic E-state index is -0.751. The number of rotatable bonds is 8. The van der Waals surface area contributed by atoms with Crippen molar-refractivity contribution < 1.29 is 4.79 Å². The molecule has 7 heteroatoms. The summed E-state index contributed by atoms with van der Waals surface area (Å²) in [7, 11) is 1.83. The first-order chi connectivity index (χ1) is 14.4. The summed E-state index contributed by atoms with van der Waals surface area (Å²) in [6.07, 6.45) is 0.647. The van der Waals surface area contributed by atoms with E-state index in [0.717, 1.165) is 11.1 Å². The van der Waals surface area contributed by atoms with Gasteiger partial charge in [-0.15, -0.1) is 0 Å². The van der Waals surface area contributed by atoms with E-state index in [1.165, 1.54) is 4.57 Å². The molecule has 0 saturated carbocycles. The van der Waals surface area contributed by atoms with Crippen molar-refractivity contribution >= 4 is 11.6 Å². The average Bonchev–Trinajstić information content (AvgIpc) is 2.72. The second-order valence-electron chi connectivity index (χ2n) is 7.23. The molecule has 0 bridgehead atoms. The molecular weight excluding hydrogens is 380 g/mol. The van der Waals surface area contributed by atoms with E-state index < -0.39 is 17.0 Å². The minimum absolute atomic E-state index is 0.0357. The molecule has 7 nitrogen and oxygen atoms in total. The summed E-state index contributed by atoms with van der Waals surface area (Å²) < 4.78 is 1.24. The van der Waals surface area contributed by atoms with Crippen LogP contribution >= 0.6 is 0 Å². The fourth-order valence-corrected chi connectivity index (χ4v) is 3.67. The number of nitrogens with one attached hydrogen (secondary N) is 1. The molecule has 0 unspecified atom stereocenters. The van der Waals surface area contributed by atoms with Crippen LogP contribution in [0.2, 0.25) is 0 Å². The maximum Gasteiger partial charge on any atom is 0.329 e. The molecule has 1 heterocycles. The van der Waals surface area contributed by atoms with E-state index in [4.69, 9.17) is 5.73 Å². The molecule has 30 heavy (non-hydrogen) atoms. The van der Waals surface area contributed by atoms with Crippen LogP contribution < -0.4 is 17.0 Å². The number of H-pyrrole nitrogens is 1. The normalized spacial score (nSPS) is 11.2. The molecular formula is C23H26N4O3. The molecule has 0 radical (unpaired) electrons. The van der Waals surface area contributed by atoms with Crippen molar-refractivity contribution in [2.45, 2.75) is 25.9 Å². The van der Waals surface area contributed by atoms with Gasteiger partial charge in [0.2, 0.25) is 0 Å². The molecule has 3 aromatic rings. The summed E-state index contributed by atoms with van der Waals surface area (Å²) in [4.78, 5) is 41.6. The Bertz CT molecular complexity index is 1080. The molecule has 0 saturated heterocycles. The summed E-state index contributed by atoms with van der Waals surface area (Å²) in [5.74, 6) is -0.516. The summed E-state index contributed by atoms with van der Waals surface area (Å²) >= 11 is 0. The Hall–Kier alpha value is -3.45. The summed E-state index contributed by atoms with van der Waals surface area (Å²) in [5.41, 5.74) is 6.58. The van der Waals surface area contributed by atoms with E-state index >= 15 is 0 Å². The highest BCUT2D eigenvalue weighted by Crippen LogP contribution is 2.27. The lowest BCUT2D eigenvalue weighted by Gasteiger charge is -2.28. The highest BCUT2D eigenvalue weighted by atomic mass is 16.2. The van der Waals surface area contributed by atoms with Gasteiger partial charge < -0.3 is 5.73 Å². The quantitative estimate of drug-likeness (QED) is 0.560. The Labute approximate surface area is 174 Å². The van der Waals surface area contributed by atoms with Gasteiger partial charge in [0.1, 0.15) is 11.4 Å². The fourth-order valence-electron chi connectivity index (χ4n) is 3.67. The molecule has 156 valence electrons. The van der Waals surface area contributed by atoms with Crippen LogP contribution in [-0.4, -0.2) is 33.8 Å². The molecule has 0 spiro atoms. The number of Topliss-reactive ketones (excluding diaryl/α,β-unsaturated/α-hetero) is 1. The Morgan fingerprint density at radius 3 is 2.07 bits per heavy atom. The standard InChI is InChI=1S/C23H26N4O3/c1-3-14-27-21(24)19(22(29)25-23(27)30)18(28)15-26(2)20(16-10-6-4-7-11-16)17-12-8-5-9-13-17/h4-13,20H,3,14-15,24H2,1-2H3,(H,25,29,30). The molecule has 2 aromatic carbocycles. The third-order valence-corrected chi connectivity index (χ3v) is 5.03. The lowest BCUT2D eigenvalue weighted by atomic mass is 9.97. The predicted octanol–water partition coefficient (Wildman–Crippen LogP) is 2.43. The van der Waals surface area contributed by atoms with Crippen LogP contribution in [0.1, 0.15) is 40.9 Å². The summed E-state index contributed by atoms with van der Waals surface area (Å²) in [6.45, 7) is 2.18. The van der Waals surface area contributed by atoms with Crippen molar-refractivity contribution in [2.24, 2.45) is 0 Å². The highest BCUT2D eigenvalue weighted by molar-refractivity contribution is 6.01. The zero-order chi connectivity index (χ0) is 21.7. The van der Waals surface area contributed by atoms with Gasteiger partial charge in [-0.1, -0.05) is 67.6 Å². The first-order valence-electron chi connectivity index (χ1n) is 9.90. The molecule has 3 rings (SSSR count). The van der Waals surface area contributed by atoms with E-state index in [9.17, 15) is 14.4 Å². The Kier molecular flexibility index (Phi) is 6.64. The topological polar surface area (TPSA) is 101 Å². The number of anilines is 1. The zero-order valence-electron chi connectivity index (χ0n) is 17.2. The van der Waals surface area contributed by atoms with Gasteiger partial charge in [0.15, 0.2) is 5.78 Å². The first-order valence-corrected chi connectivity index (χ1v) is 9.90. The number of aromatic nitrogens is 2. The van der Waals surface area contributed by atoms with Crippen molar-refractivity contribution in [3.8, 4) is 0 Å². The second kappa shape index (κ2) is 9.37. The first kappa shape index (κ1) is 21.3. The van der Waals surface area contributed by atoms with Crippen LogP contribution in [-0.2, 0) is 6.54 Å². The number of nitrogens with two attached hydrogens (primary N) is 1. The van der Waals surface area contributed by atoms with Crippen LogP contribution in [0.4, 0.5) is 5.82 Å². The SMILES string of the molecule is CCCn1c(N)c(C(=O)CN(C)C(c2ccccc2)c2ccccc2)c(=O)[nH]c1=O. The van der Waals surface area contributed by atoms with Crippen molar-refractivity contribution in [1.82, 2.24) is 14.5 Å². The molecule has 0 aliphatic rings. The fraction of sp³-hybridized carbons (Fsp3) is 0.261. The number of aromatic amines is 1. The Morgan fingerprint density at radius 1 is 1.03 bits per heavy atom. The molecule has 0 aliphatic heterocycles. The van der Waals surface area contributed by atoms with Gasteiger partial charge in [0.25, 0.3) is 5.56 Å². The molecule has 0 aliphatic carbocycles. The van der Waals surface area contributed by atoms with Crippen molar-refractivity contribution in [1.29, 1.82) is 0 Å². The van der Waals surface area contributed by atoms with Gasteiger partial charge in [-0.3, -0.25) is 24.0 Å². The van der Waals surface area contributed by atoms with Crippen LogP contribution in [0, 0.1) is 0 Å². The predicted molar refractivity (Wildman–Crippen MR) is 118 cm³/mol. The van der Waals surface area contributed by atoms with Crippen LogP contribution in [0.15, 0.2) is 70.3 Å². The number of nitrogens with zero attached hydrogens (tertiary/aromatic N) is 2. The van der Waals surface area contributed by atoms with Gasteiger partial charge in [-0.25, -0.2) is 4.79 Å². The molecule has 0 amide bonds. The number of ketones is 1. The van der Waals surface area contributed by atoms with Crippen molar-refractivity contribution in [3.05, 3.63) is 98.2 Å². The van der Waals surface area contributed by atoms with E-state index in [-0.39, 0.29) is 24.0 Å².